The van der Waals surface area contributed by atoms with Crippen molar-refractivity contribution in [2.45, 2.75) is 12.8 Å². The van der Waals surface area contributed by atoms with Gasteiger partial charge < -0.3 is 4.90 Å². The third-order valence-corrected chi connectivity index (χ3v) is 4.00. The van der Waals surface area contributed by atoms with Gasteiger partial charge in [-0.1, -0.05) is 0 Å². The fourth-order valence-electron chi connectivity index (χ4n) is 2.74. The van der Waals surface area contributed by atoms with E-state index in [0.29, 0.717) is 24.2 Å². The Morgan fingerprint density at radius 3 is 2.43 bits per heavy atom. The quantitative estimate of drug-likeness (QED) is 0.628. The van der Waals surface area contributed by atoms with Gasteiger partial charge in [0.1, 0.15) is 0 Å². The molecule has 21 heavy (non-hydrogen) atoms. The van der Waals surface area contributed by atoms with Crippen molar-refractivity contribution < 1.29 is 9.72 Å². The van der Waals surface area contributed by atoms with Crippen LogP contribution >= 0.6 is 0 Å². The zero-order valence-electron chi connectivity index (χ0n) is 11.3. The Labute approximate surface area is 121 Å². The Hall–Kier alpha value is -2.68. The van der Waals surface area contributed by atoms with Crippen LogP contribution in [-0.2, 0) is 4.79 Å². The first-order valence-electron chi connectivity index (χ1n) is 6.77. The number of nitrogens with zero attached hydrogens (tertiary/aromatic N) is 3. The Bertz CT molecular complexity index is 681. The van der Waals surface area contributed by atoms with Crippen LogP contribution in [0.25, 0.3) is 5.57 Å². The van der Waals surface area contributed by atoms with Crippen molar-refractivity contribution in [1.29, 1.82) is 5.26 Å². The number of amides is 1. The van der Waals surface area contributed by atoms with Crippen molar-refractivity contribution in [2.24, 2.45) is 5.41 Å². The van der Waals surface area contributed by atoms with Crippen molar-refractivity contribution in [1.82, 2.24) is 4.90 Å². The summed E-state index contributed by atoms with van der Waals surface area (Å²) in [5.74, 6) is -0.171. The highest BCUT2D eigenvalue weighted by molar-refractivity contribution is 6.11. The van der Waals surface area contributed by atoms with Crippen molar-refractivity contribution in [3.63, 3.8) is 0 Å². The summed E-state index contributed by atoms with van der Waals surface area (Å²) in [5, 5.41) is 20.0. The van der Waals surface area contributed by atoms with E-state index in [0.717, 1.165) is 12.8 Å². The first-order chi connectivity index (χ1) is 10.1. The molecule has 1 saturated heterocycles. The number of nitro benzene ring substituents is 1. The molecular weight excluding hydrogens is 270 g/mol. The smallest absolute Gasteiger partial charge is 0.269 e. The van der Waals surface area contributed by atoms with Crippen LogP contribution < -0.4 is 0 Å². The minimum Gasteiger partial charge on any atom is -0.341 e. The van der Waals surface area contributed by atoms with E-state index in [2.05, 4.69) is 6.07 Å². The molecule has 0 unspecified atom stereocenters. The standard InChI is InChI=1S/C15H13N3O3/c16-10-15(14(19)17-7-1-2-8-17)9-13(15)11-3-5-12(6-4-11)18(20)21/h3-6,9H,1-2,7-8H2/t15-/m0/s1. The number of likely N-dealkylation sites (tertiary alicyclic amines) is 1. The summed E-state index contributed by atoms with van der Waals surface area (Å²) >= 11 is 0. The highest BCUT2D eigenvalue weighted by atomic mass is 16.6. The number of benzene rings is 1. The maximum atomic E-state index is 12.5. The first-order valence-corrected chi connectivity index (χ1v) is 6.77. The van der Waals surface area contributed by atoms with Crippen molar-refractivity contribution >= 4 is 17.2 Å². The molecule has 106 valence electrons. The molecule has 1 heterocycles. The summed E-state index contributed by atoms with van der Waals surface area (Å²) in [7, 11) is 0. The van der Waals surface area contributed by atoms with Crippen LogP contribution in [0.1, 0.15) is 18.4 Å². The second-order valence-electron chi connectivity index (χ2n) is 5.28. The van der Waals surface area contributed by atoms with Gasteiger partial charge in [-0.25, -0.2) is 0 Å². The van der Waals surface area contributed by atoms with Gasteiger partial charge in [-0.05, 0) is 42.2 Å². The fourth-order valence-corrected chi connectivity index (χ4v) is 2.74. The molecule has 1 atom stereocenters. The zero-order chi connectivity index (χ0) is 15.0. The Kier molecular flexibility index (Phi) is 2.98. The SMILES string of the molecule is N#C[C@@]1(C(=O)N2CCCC2)C=C1c1ccc([N+](=O)[O-])cc1. The van der Waals surface area contributed by atoms with Crippen LogP contribution in [0.2, 0.25) is 0 Å². The molecule has 6 heteroatoms. The highest BCUT2D eigenvalue weighted by Gasteiger charge is 2.54. The van der Waals surface area contributed by atoms with E-state index in [9.17, 15) is 20.2 Å². The van der Waals surface area contributed by atoms with E-state index >= 15 is 0 Å². The molecule has 1 aromatic rings. The minimum atomic E-state index is -1.17. The van der Waals surface area contributed by atoms with Crippen LogP contribution in [0.15, 0.2) is 30.3 Å². The summed E-state index contributed by atoms with van der Waals surface area (Å²) in [6.07, 6.45) is 3.59. The van der Waals surface area contributed by atoms with Crippen LogP contribution in [0.5, 0.6) is 0 Å². The maximum absolute atomic E-state index is 12.5. The molecule has 1 aromatic carbocycles. The van der Waals surface area contributed by atoms with Gasteiger partial charge in [0.25, 0.3) is 11.6 Å². The van der Waals surface area contributed by atoms with Crippen LogP contribution in [0, 0.1) is 26.9 Å². The van der Waals surface area contributed by atoms with Gasteiger partial charge in [0.15, 0.2) is 5.41 Å². The lowest BCUT2D eigenvalue weighted by Gasteiger charge is -2.19. The van der Waals surface area contributed by atoms with E-state index in [1.165, 1.54) is 12.1 Å². The summed E-state index contributed by atoms with van der Waals surface area (Å²) in [6, 6.07) is 8.04. The fraction of sp³-hybridized carbons (Fsp3) is 0.333. The summed E-state index contributed by atoms with van der Waals surface area (Å²) in [5.41, 5.74) is 0.167. The predicted octanol–water partition coefficient (Wildman–Crippen LogP) is 2.12. The molecule has 0 spiro atoms. The Morgan fingerprint density at radius 2 is 1.90 bits per heavy atom. The van der Waals surface area contributed by atoms with Crippen LogP contribution in [0.3, 0.4) is 0 Å². The first kappa shape index (κ1) is 13.3. The molecule has 3 rings (SSSR count). The second kappa shape index (κ2) is 4.70. The second-order valence-corrected chi connectivity index (χ2v) is 5.28. The lowest BCUT2D eigenvalue weighted by atomic mass is 9.96. The molecule has 0 aromatic heterocycles. The van der Waals surface area contributed by atoms with Crippen LogP contribution in [-0.4, -0.2) is 28.8 Å². The van der Waals surface area contributed by atoms with E-state index in [4.69, 9.17) is 0 Å². The van der Waals surface area contributed by atoms with E-state index in [1.54, 1.807) is 23.1 Å². The summed E-state index contributed by atoms with van der Waals surface area (Å²) in [4.78, 5) is 24.3. The van der Waals surface area contributed by atoms with Crippen molar-refractivity contribution in [3.05, 3.63) is 46.0 Å². The average molecular weight is 283 g/mol. The van der Waals surface area contributed by atoms with Gasteiger partial charge in [-0.3, -0.25) is 14.9 Å². The molecule has 0 N–H and O–H groups in total. The lowest BCUT2D eigenvalue weighted by Crippen LogP contribution is -2.35. The Morgan fingerprint density at radius 1 is 1.29 bits per heavy atom. The average Bonchev–Trinajstić information content (AvgIpc) is 3.00. The largest absolute Gasteiger partial charge is 0.341 e. The number of carbonyl (C=O) groups excluding carboxylic acids is 1. The third kappa shape index (κ3) is 2.07. The molecule has 1 amide bonds. The molecule has 0 radical (unpaired) electrons. The molecule has 1 aliphatic carbocycles. The number of nitro groups is 1. The summed E-state index contributed by atoms with van der Waals surface area (Å²) in [6.45, 7) is 1.40. The zero-order valence-corrected chi connectivity index (χ0v) is 11.3. The topological polar surface area (TPSA) is 87.2 Å². The highest BCUT2D eigenvalue weighted by Crippen LogP contribution is 2.52. The van der Waals surface area contributed by atoms with Gasteiger partial charge in [-0.15, -0.1) is 0 Å². The van der Waals surface area contributed by atoms with E-state index in [-0.39, 0.29) is 11.6 Å². The normalized spacial score (nSPS) is 23.4. The predicted molar refractivity (Wildman–Crippen MR) is 74.9 cm³/mol. The van der Waals surface area contributed by atoms with Crippen LogP contribution in [0.4, 0.5) is 5.69 Å². The molecule has 6 nitrogen and oxygen atoms in total. The third-order valence-electron chi connectivity index (χ3n) is 4.00. The maximum Gasteiger partial charge on any atom is 0.269 e. The molecule has 1 fully saturated rings. The molecule has 0 bridgehead atoms. The molecule has 1 aliphatic heterocycles. The van der Waals surface area contributed by atoms with Crippen molar-refractivity contribution in [3.8, 4) is 6.07 Å². The Balaban J connectivity index is 1.81. The van der Waals surface area contributed by atoms with Gasteiger partial charge in [-0.2, -0.15) is 5.26 Å². The molecule has 2 aliphatic rings. The number of non-ortho nitro benzene ring substituents is 1. The molecular formula is C15H13N3O3. The number of rotatable bonds is 3. The number of hydrogen-bond acceptors (Lipinski definition) is 4. The van der Waals surface area contributed by atoms with Gasteiger partial charge in [0.2, 0.25) is 0 Å². The van der Waals surface area contributed by atoms with Gasteiger partial charge in [0.05, 0.1) is 11.0 Å². The van der Waals surface area contributed by atoms with Crippen molar-refractivity contribution in [2.75, 3.05) is 13.1 Å². The minimum absolute atomic E-state index is 0.00609. The van der Waals surface area contributed by atoms with Gasteiger partial charge in [0, 0.05) is 25.2 Å². The van der Waals surface area contributed by atoms with Gasteiger partial charge >= 0.3 is 0 Å². The number of carbonyl (C=O) groups is 1. The van der Waals surface area contributed by atoms with E-state index < -0.39 is 10.3 Å². The lowest BCUT2D eigenvalue weighted by molar-refractivity contribution is -0.384. The number of nitriles is 1. The summed E-state index contributed by atoms with van der Waals surface area (Å²) < 4.78 is 0. The number of hydrogen-bond donors (Lipinski definition) is 0. The molecule has 0 saturated carbocycles. The van der Waals surface area contributed by atoms with E-state index in [1.807, 2.05) is 0 Å². The monoisotopic (exact) mass is 283 g/mol.